The molecule has 1 aliphatic rings. The maximum Gasteiger partial charge on any atom is 0.0624 e. The van der Waals surface area contributed by atoms with Crippen LogP contribution in [0.4, 0.5) is 0 Å². The van der Waals surface area contributed by atoms with Gasteiger partial charge in [-0.05, 0) is 48.8 Å². The number of nitrogens with zero attached hydrogens (tertiary/aromatic N) is 2. The van der Waals surface area contributed by atoms with E-state index in [1.165, 1.54) is 29.7 Å². The highest BCUT2D eigenvalue weighted by Gasteiger charge is 2.24. The van der Waals surface area contributed by atoms with Gasteiger partial charge in [-0.25, -0.2) is 0 Å². The van der Waals surface area contributed by atoms with Gasteiger partial charge < -0.3 is 5.73 Å². The molecule has 3 rings (SSSR count). The van der Waals surface area contributed by atoms with E-state index in [-0.39, 0.29) is 6.04 Å². The lowest BCUT2D eigenvalue weighted by atomic mass is 9.79. The van der Waals surface area contributed by atoms with Gasteiger partial charge in [0.05, 0.1) is 5.69 Å². The molecule has 0 fully saturated rings. The van der Waals surface area contributed by atoms with Crippen molar-refractivity contribution >= 4 is 0 Å². The molecule has 0 spiro atoms. The minimum absolute atomic E-state index is 0.221. The molecule has 112 valence electrons. The normalized spacial score (nSPS) is 19.3. The van der Waals surface area contributed by atoms with Gasteiger partial charge >= 0.3 is 0 Å². The summed E-state index contributed by atoms with van der Waals surface area (Å²) in [4.78, 5) is 0. The second-order valence-corrected chi connectivity index (χ2v) is 6.24. The summed E-state index contributed by atoms with van der Waals surface area (Å²) in [5.41, 5.74) is 11.9. The first-order valence-corrected chi connectivity index (χ1v) is 8.01. The summed E-state index contributed by atoms with van der Waals surface area (Å²) >= 11 is 0. The van der Waals surface area contributed by atoms with Gasteiger partial charge in [0.2, 0.25) is 0 Å². The second-order valence-electron chi connectivity index (χ2n) is 6.24. The number of hydrogen-bond acceptors (Lipinski definition) is 2. The summed E-state index contributed by atoms with van der Waals surface area (Å²) in [5.74, 6) is 0.583. The summed E-state index contributed by atoms with van der Waals surface area (Å²) in [6.07, 6.45) is 5.41. The Bertz CT molecular complexity index is 615. The van der Waals surface area contributed by atoms with Crippen LogP contribution in [0.25, 0.3) is 0 Å². The third kappa shape index (κ3) is 3.03. The number of fused-ring (bicyclic) bond motifs is 1. The van der Waals surface area contributed by atoms with Crippen LogP contribution in [0.5, 0.6) is 0 Å². The van der Waals surface area contributed by atoms with E-state index in [4.69, 9.17) is 5.73 Å². The number of rotatable bonds is 4. The number of aryl methyl sites for hydroxylation is 3. The standard InChI is InChI=1S/C18H25N3/c1-3-16-11-17(21(2)20-16)12-18(19)15-9-8-13-6-4-5-7-14(13)10-15/h4-7,11,15,18H,3,8-10,12,19H2,1-2H3. The van der Waals surface area contributed by atoms with Gasteiger partial charge in [0.15, 0.2) is 0 Å². The Balaban J connectivity index is 1.69. The zero-order valence-electron chi connectivity index (χ0n) is 13.0. The van der Waals surface area contributed by atoms with Crippen LogP contribution < -0.4 is 5.73 Å². The van der Waals surface area contributed by atoms with Gasteiger partial charge in [-0.15, -0.1) is 0 Å². The highest BCUT2D eigenvalue weighted by Crippen LogP contribution is 2.28. The fourth-order valence-electron chi connectivity index (χ4n) is 3.43. The van der Waals surface area contributed by atoms with Crippen molar-refractivity contribution in [2.75, 3.05) is 0 Å². The Morgan fingerprint density at radius 2 is 2.10 bits per heavy atom. The molecule has 0 saturated heterocycles. The zero-order chi connectivity index (χ0) is 14.8. The molecule has 2 N–H and O–H groups in total. The third-order valence-corrected chi connectivity index (χ3v) is 4.82. The molecule has 2 aromatic rings. The molecule has 1 heterocycles. The van der Waals surface area contributed by atoms with E-state index in [2.05, 4.69) is 42.4 Å². The van der Waals surface area contributed by atoms with E-state index in [1.807, 2.05) is 11.7 Å². The monoisotopic (exact) mass is 283 g/mol. The molecule has 1 aromatic carbocycles. The predicted molar refractivity (Wildman–Crippen MR) is 86.2 cm³/mol. The van der Waals surface area contributed by atoms with Crippen molar-refractivity contribution in [2.24, 2.45) is 18.7 Å². The van der Waals surface area contributed by atoms with Crippen molar-refractivity contribution < 1.29 is 0 Å². The predicted octanol–water partition coefficient (Wildman–Crippen LogP) is 2.66. The lowest BCUT2D eigenvalue weighted by Gasteiger charge is -2.29. The lowest BCUT2D eigenvalue weighted by molar-refractivity contribution is 0.367. The van der Waals surface area contributed by atoms with Crippen LogP contribution in [-0.4, -0.2) is 15.8 Å². The summed E-state index contributed by atoms with van der Waals surface area (Å²) in [5, 5.41) is 4.52. The molecule has 1 aliphatic carbocycles. The molecular weight excluding hydrogens is 258 g/mol. The topological polar surface area (TPSA) is 43.8 Å². The van der Waals surface area contributed by atoms with Gasteiger partial charge in [-0.3, -0.25) is 4.68 Å². The van der Waals surface area contributed by atoms with E-state index in [9.17, 15) is 0 Å². The van der Waals surface area contributed by atoms with Crippen LogP contribution in [0.2, 0.25) is 0 Å². The van der Waals surface area contributed by atoms with Crippen molar-refractivity contribution in [3.63, 3.8) is 0 Å². The van der Waals surface area contributed by atoms with E-state index >= 15 is 0 Å². The first-order chi connectivity index (χ1) is 10.2. The first kappa shape index (κ1) is 14.3. The number of hydrogen-bond donors (Lipinski definition) is 1. The van der Waals surface area contributed by atoms with Gasteiger partial charge in [-0.2, -0.15) is 5.10 Å². The molecule has 21 heavy (non-hydrogen) atoms. The van der Waals surface area contributed by atoms with Crippen LogP contribution in [0.1, 0.15) is 35.9 Å². The minimum Gasteiger partial charge on any atom is -0.327 e. The molecule has 1 aromatic heterocycles. The van der Waals surface area contributed by atoms with Crippen LogP contribution in [-0.2, 0) is 32.7 Å². The van der Waals surface area contributed by atoms with Crippen LogP contribution >= 0.6 is 0 Å². The SMILES string of the molecule is CCc1cc(CC(N)C2CCc3ccccc3C2)n(C)n1. The Hall–Kier alpha value is -1.61. The largest absolute Gasteiger partial charge is 0.327 e. The quantitative estimate of drug-likeness (QED) is 0.937. The summed E-state index contributed by atoms with van der Waals surface area (Å²) in [6.45, 7) is 2.14. The molecule has 0 amide bonds. The van der Waals surface area contributed by atoms with Crippen molar-refractivity contribution in [2.45, 2.75) is 45.1 Å². The van der Waals surface area contributed by atoms with Crippen molar-refractivity contribution in [1.82, 2.24) is 9.78 Å². The molecule has 0 radical (unpaired) electrons. The van der Waals surface area contributed by atoms with Gasteiger partial charge in [0.1, 0.15) is 0 Å². The molecule has 3 heteroatoms. The van der Waals surface area contributed by atoms with Crippen molar-refractivity contribution in [1.29, 1.82) is 0 Å². The molecule has 2 atom stereocenters. The number of benzene rings is 1. The van der Waals surface area contributed by atoms with E-state index in [0.717, 1.165) is 25.0 Å². The van der Waals surface area contributed by atoms with E-state index in [1.54, 1.807) is 0 Å². The molecule has 0 saturated carbocycles. The van der Waals surface area contributed by atoms with Gasteiger partial charge in [-0.1, -0.05) is 31.2 Å². The summed E-state index contributed by atoms with van der Waals surface area (Å²) in [7, 11) is 2.03. The molecule has 0 aliphatic heterocycles. The van der Waals surface area contributed by atoms with Gasteiger partial charge in [0.25, 0.3) is 0 Å². The third-order valence-electron chi connectivity index (χ3n) is 4.82. The van der Waals surface area contributed by atoms with E-state index < -0.39 is 0 Å². The average Bonchev–Trinajstić information content (AvgIpc) is 2.87. The van der Waals surface area contributed by atoms with Crippen LogP contribution in [0.3, 0.4) is 0 Å². The smallest absolute Gasteiger partial charge is 0.0624 e. The number of aromatic nitrogens is 2. The maximum absolute atomic E-state index is 6.52. The molecule has 2 unspecified atom stereocenters. The fraction of sp³-hybridized carbons (Fsp3) is 0.500. The Labute approximate surface area is 127 Å². The lowest BCUT2D eigenvalue weighted by Crippen LogP contribution is -2.36. The Kier molecular flexibility index (Phi) is 4.11. The minimum atomic E-state index is 0.221. The molecule has 3 nitrogen and oxygen atoms in total. The van der Waals surface area contributed by atoms with Crippen molar-refractivity contribution in [3.8, 4) is 0 Å². The fourth-order valence-corrected chi connectivity index (χ4v) is 3.43. The maximum atomic E-state index is 6.52. The molecule has 0 bridgehead atoms. The first-order valence-electron chi connectivity index (χ1n) is 8.01. The highest BCUT2D eigenvalue weighted by atomic mass is 15.3. The zero-order valence-corrected chi connectivity index (χ0v) is 13.0. The molecular formula is C18H25N3. The van der Waals surface area contributed by atoms with Crippen molar-refractivity contribution in [3.05, 3.63) is 52.8 Å². The summed E-state index contributed by atoms with van der Waals surface area (Å²) < 4.78 is 2.00. The Morgan fingerprint density at radius 1 is 1.33 bits per heavy atom. The number of nitrogens with two attached hydrogens (primary N) is 1. The summed E-state index contributed by atoms with van der Waals surface area (Å²) in [6, 6.07) is 11.2. The van der Waals surface area contributed by atoms with Crippen LogP contribution in [0, 0.1) is 5.92 Å². The van der Waals surface area contributed by atoms with Gasteiger partial charge in [0, 0.05) is 25.2 Å². The highest BCUT2D eigenvalue weighted by molar-refractivity contribution is 5.30. The Morgan fingerprint density at radius 3 is 2.81 bits per heavy atom. The average molecular weight is 283 g/mol. The van der Waals surface area contributed by atoms with Crippen LogP contribution in [0.15, 0.2) is 30.3 Å². The van der Waals surface area contributed by atoms with E-state index in [0.29, 0.717) is 5.92 Å². The second kappa shape index (κ2) is 6.02.